The van der Waals surface area contributed by atoms with Gasteiger partial charge in [-0.3, -0.25) is 0 Å². The van der Waals surface area contributed by atoms with Gasteiger partial charge in [-0.25, -0.2) is 4.79 Å². The summed E-state index contributed by atoms with van der Waals surface area (Å²) in [5.74, 6) is 0. The second-order valence-electron chi connectivity index (χ2n) is 9.22. The number of rotatable bonds is 6. The van der Waals surface area contributed by atoms with Crippen molar-refractivity contribution in [3.05, 3.63) is 70.2 Å². The Bertz CT molecular complexity index is 987. The van der Waals surface area contributed by atoms with Gasteiger partial charge in [0, 0.05) is 12.2 Å². The maximum Gasteiger partial charge on any atom is 0.492 e. The summed E-state index contributed by atoms with van der Waals surface area (Å²) in [6.07, 6.45) is 1.50. The first-order chi connectivity index (χ1) is 15.0. The number of nitrogen functional groups attached to an aromatic ring is 1. The first-order valence-corrected chi connectivity index (χ1v) is 10.9. The molecule has 0 aliphatic carbocycles. The molecule has 1 saturated heterocycles. The largest absolute Gasteiger partial charge is 0.492 e. The summed E-state index contributed by atoms with van der Waals surface area (Å²) in [5, 5.41) is 2.84. The summed E-state index contributed by atoms with van der Waals surface area (Å²) >= 11 is 0. The molecule has 3 N–H and O–H groups in total. The van der Waals surface area contributed by atoms with Gasteiger partial charge in [-0.05, 0) is 75.3 Å². The predicted octanol–water partition coefficient (Wildman–Crippen LogP) is 4.83. The Kier molecular flexibility index (Phi) is 7.01. The van der Waals surface area contributed by atoms with E-state index in [9.17, 15) is 4.79 Å². The number of hydrogen-bond donors (Lipinski definition) is 2. The number of benzene rings is 2. The van der Waals surface area contributed by atoms with Crippen LogP contribution in [0.4, 0.5) is 10.5 Å². The number of anilines is 1. The Morgan fingerprint density at radius 3 is 2.28 bits per heavy atom. The second kappa shape index (κ2) is 9.39. The van der Waals surface area contributed by atoms with E-state index in [1.807, 2.05) is 90.1 Å². The number of hydrogen-bond acceptors (Lipinski definition) is 5. The van der Waals surface area contributed by atoms with Crippen molar-refractivity contribution in [2.24, 2.45) is 0 Å². The highest BCUT2D eigenvalue weighted by Crippen LogP contribution is 2.39. The van der Waals surface area contributed by atoms with Crippen LogP contribution >= 0.6 is 0 Å². The van der Waals surface area contributed by atoms with Gasteiger partial charge in [-0.1, -0.05) is 42.5 Å². The quantitative estimate of drug-likeness (QED) is 0.501. The van der Waals surface area contributed by atoms with Crippen LogP contribution in [0.3, 0.4) is 0 Å². The maximum absolute atomic E-state index is 12.3. The fourth-order valence-electron chi connectivity index (χ4n) is 3.36. The van der Waals surface area contributed by atoms with Gasteiger partial charge in [0.25, 0.3) is 0 Å². The third-order valence-electron chi connectivity index (χ3n) is 6.42. The highest BCUT2D eigenvalue weighted by molar-refractivity contribution is 6.56. The van der Waals surface area contributed by atoms with Crippen molar-refractivity contribution in [3.63, 3.8) is 0 Å². The summed E-state index contributed by atoms with van der Waals surface area (Å²) < 4.78 is 17.8. The Morgan fingerprint density at radius 1 is 1.03 bits per heavy atom. The van der Waals surface area contributed by atoms with Crippen LogP contribution in [0.5, 0.6) is 0 Å². The van der Waals surface area contributed by atoms with Gasteiger partial charge >= 0.3 is 13.2 Å². The van der Waals surface area contributed by atoms with E-state index >= 15 is 0 Å². The fraction of sp³-hybridized carbons (Fsp3) is 0.400. The summed E-state index contributed by atoms with van der Waals surface area (Å²) in [7, 11) is -0.591. The molecule has 2 aromatic rings. The molecular formula is C25H33BN2O4. The van der Waals surface area contributed by atoms with E-state index in [4.69, 9.17) is 19.8 Å². The van der Waals surface area contributed by atoms with Crippen molar-refractivity contribution in [1.82, 2.24) is 5.32 Å². The molecule has 6 nitrogen and oxygen atoms in total. The minimum atomic E-state index is -0.591. The van der Waals surface area contributed by atoms with Crippen molar-refractivity contribution >= 4 is 25.0 Å². The molecular weight excluding hydrogens is 403 g/mol. The van der Waals surface area contributed by atoms with E-state index in [-0.39, 0.29) is 13.2 Å². The first kappa shape index (κ1) is 23.9. The number of ether oxygens (including phenoxy) is 1. The van der Waals surface area contributed by atoms with Crippen LogP contribution in [0.1, 0.15) is 49.9 Å². The summed E-state index contributed by atoms with van der Waals surface area (Å²) in [6, 6.07) is 13.4. The first-order valence-electron chi connectivity index (χ1n) is 10.9. The van der Waals surface area contributed by atoms with Gasteiger partial charge in [0.05, 0.1) is 11.2 Å². The van der Waals surface area contributed by atoms with Crippen molar-refractivity contribution in [2.75, 3.05) is 12.3 Å². The molecule has 1 heterocycles. The third kappa shape index (κ3) is 5.34. The molecule has 0 bridgehead atoms. The molecule has 1 aliphatic rings. The van der Waals surface area contributed by atoms with Crippen LogP contribution in [0, 0.1) is 13.8 Å². The van der Waals surface area contributed by atoms with E-state index in [0.717, 1.165) is 33.4 Å². The minimum Gasteiger partial charge on any atom is -0.445 e. The summed E-state index contributed by atoms with van der Waals surface area (Å²) in [6.45, 7) is 12.5. The number of carbonyl (C=O) groups excluding carboxylic acids is 1. The van der Waals surface area contributed by atoms with Crippen LogP contribution in [-0.2, 0) is 20.7 Å². The van der Waals surface area contributed by atoms with Gasteiger partial charge in [0.2, 0.25) is 0 Å². The maximum atomic E-state index is 12.3. The van der Waals surface area contributed by atoms with Gasteiger partial charge in [0.1, 0.15) is 6.61 Å². The molecule has 0 unspecified atom stereocenters. The molecule has 1 amide bonds. The topological polar surface area (TPSA) is 82.8 Å². The van der Waals surface area contributed by atoms with E-state index in [1.54, 1.807) is 0 Å². The average molecular weight is 436 g/mol. The lowest BCUT2D eigenvalue weighted by atomic mass is 9.76. The average Bonchev–Trinajstić information content (AvgIpc) is 2.97. The highest BCUT2D eigenvalue weighted by Gasteiger charge is 2.52. The van der Waals surface area contributed by atoms with Crippen molar-refractivity contribution in [1.29, 1.82) is 0 Å². The lowest BCUT2D eigenvalue weighted by molar-refractivity contribution is 0.00578. The molecule has 0 radical (unpaired) electrons. The lowest BCUT2D eigenvalue weighted by Crippen LogP contribution is -2.41. The molecule has 170 valence electrons. The van der Waals surface area contributed by atoms with Gasteiger partial charge < -0.3 is 25.1 Å². The molecule has 2 aromatic carbocycles. The van der Waals surface area contributed by atoms with E-state index < -0.39 is 24.4 Å². The van der Waals surface area contributed by atoms with Crippen LogP contribution in [0.2, 0.25) is 0 Å². The Morgan fingerprint density at radius 2 is 1.66 bits per heavy atom. The lowest BCUT2D eigenvalue weighted by Gasteiger charge is -2.32. The molecule has 1 fully saturated rings. The number of carbonyl (C=O) groups is 1. The standard InChI is InChI=1S/C25H33BN2O4/c1-17-18(2)22(27)13-12-20(17)14-21(26-31-24(3,4)25(5,6)32-26)15-28-23(29)30-16-19-10-8-7-9-11-19/h7-14H,15-16,27H2,1-6H3,(H,28,29). The Hall–Kier alpha value is -2.77. The van der Waals surface area contributed by atoms with Crippen LogP contribution in [0.25, 0.3) is 6.08 Å². The van der Waals surface area contributed by atoms with Crippen LogP contribution in [0.15, 0.2) is 47.9 Å². The number of nitrogens with one attached hydrogen (secondary N) is 1. The third-order valence-corrected chi connectivity index (χ3v) is 6.42. The van der Waals surface area contributed by atoms with Gasteiger partial charge in [-0.15, -0.1) is 0 Å². The molecule has 1 aliphatic heterocycles. The van der Waals surface area contributed by atoms with E-state index in [2.05, 4.69) is 5.32 Å². The number of nitrogens with two attached hydrogens (primary N) is 1. The molecule has 0 spiro atoms. The zero-order valence-corrected chi connectivity index (χ0v) is 19.8. The Labute approximate surface area is 191 Å². The molecule has 3 rings (SSSR count). The van der Waals surface area contributed by atoms with Gasteiger partial charge in [0.15, 0.2) is 0 Å². The summed E-state index contributed by atoms with van der Waals surface area (Å²) in [5.41, 5.74) is 10.7. The van der Waals surface area contributed by atoms with Crippen LogP contribution in [-0.4, -0.2) is 31.0 Å². The zero-order valence-electron chi connectivity index (χ0n) is 19.8. The van der Waals surface area contributed by atoms with Crippen molar-refractivity contribution < 1.29 is 18.8 Å². The normalized spacial score (nSPS) is 17.3. The SMILES string of the molecule is Cc1c(N)ccc(C=C(CNC(=O)OCc2ccccc2)B2OC(C)(C)C(C)(C)O2)c1C. The number of alkyl carbamates (subject to hydrolysis) is 1. The molecule has 7 heteroatoms. The molecule has 0 aromatic heterocycles. The molecule has 0 saturated carbocycles. The smallest absolute Gasteiger partial charge is 0.445 e. The van der Waals surface area contributed by atoms with Gasteiger partial charge in [-0.2, -0.15) is 0 Å². The monoisotopic (exact) mass is 436 g/mol. The van der Waals surface area contributed by atoms with E-state index in [0.29, 0.717) is 0 Å². The minimum absolute atomic E-state index is 0.207. The van der Waals surface area contributed by atoms with Crippen molar-refractivity contribution in [3.8, 4) is 0 Å². The summed E-state index contributed by atoms with van der Waals surface area (Å²) in [4.78, 5) is 12.3. The van der Waals surface area contributed by atoms with Crippen molar-refractivity contribution in [2.45, 2.75) is 59.4 Å². The highest BCUT2D eigenvalue weighted by atomic mass is 16.7. The zero-order chi connectivity index (χ0) is 23.5. The Balaban J connectivity index is 1.78. The van der Waals surface area contributed by atoms with Crippen LogP contribution < -0.4 is 11.1 Å². The molecule has 0 atom stereocenters. The second-order valence-corrected chi connectivity index (χ2v) is 9.22. The molecule has 32 heavy (non-hydrogen) atoms. The van der Waals surface area contributed by atoms with E-state index in [1.165, 1.54) is 0 Å². The predicted molar refractivity (Wildman–Crippen MR) is 129 cm³/mol. The fourth-order valence-corrected chi connectivity index (χ4v) is 3.36. The number of amides is 1.